The fourth-order valence-electron chi connectivity index (χ4n) is 7.04. The van der Waals surface area contributed by atoms with E-state index in [4.69, 9.17) is 39.0 Å². The quantitative estimate of drug-likeness (QED) is 0.139. The lowest BCUT2D eigenvalue weighted by Gasteiger charge is -2.31. The highest BCUT2D eigenvalue weighted by Gasteiger charge is 2.73. The number of aliphatic hydroxyl groups is 1. The number of hydrogen-bond donors (Lipinski definition) is 6. The molecule has 4 bridgehead atoms. The highest BCUT2D eigenvalue weighted by atomic mass is 31.2. The van der Waals surface area contributed by atoms with Gasteiger partial charge in [0, 0.05) is 12.5 Å². The zero-order chi connectivity index (χ0) is 33.0. The molecule has 8 N–H and O–H groups in total. The number of H-pyrrole nitrogens is 1. The summed E-state index contributed by atoms with van der Waals surface area (Å²) in [7, 11) is -8.66. The van der Waals surface area contributed by atoms with Gasteiger partial charge in [0.05, 0.1) is 38.0 Å². The molecular formula is C23H28N10O12P2. The van der Waals surface area contributed by atoms with Crippen LogP contribution in [-0.2, 0) is 36.7 Å². The third kappa shape index (κ3) is 4.83. The van der Waals surface area contributed by atoms with Crippen molar-refractivity contribution in [3.63, 3.8) is 0 Å². The second-order valence-corrected chi connectivity index (χ2v) is 14.6. The molecule has 0 aromatic carbocycles. The van der Waals surface area contributed by atoms with Crippen molar-refractivity contribution in [2.75, 3.05) is 31.8 Å². The molecule has 4 aliphatic rings. The second-order valence-electron chi connectivity index (χ2n) is 11.7. The van der Waals surface area contributed by atoms with Crippen LogP contribution in [0.1, 0.15) is 18.7 Å². The van der Waals surface area contributed by atoms with Gasteiger partial charge in [-0.25, -0.2) is 29.1 Å². The Morgan fingerprint density at radius 2 is 1.74 bits per heavy atom. The Labute approximate surface area is 262 Å². The summed E-state index contributed by atoms with van der Waals surface area (Å²) in [5.74, 6) is -0.633. The molecule has 0 radical (unpaired) electrons. The fraction of sp³-hybridized carbons (Fsp3) is 0.565. The molecule has 4 aromatic rings. The number of hydrogen-bond acceptors (Lipinski definition) is 17. The Morgan fingerprint density at radius 3 is 2.53 bits per heavy atom. The van der Waals surface area contributed by atoms with Gasteiger partial charge in [-0.1, -0.05) is 0 Å². The third-order valence-corrected chi connectivity index (χ3v) is 11.2. The molecule has 1 spiro atoms. The van der Waals surface area contributed by atoms with Crippen LogP contribution in [0.25, 0.3) is 22.3 Å². The number of ether oxygens (including phenoxy) is 2. The molecule has 2 saturated carbocycles. The zero-order valence-corrected chi connectivity index (χ0v) is 26.0. The number of methoxy groups -OCH3 is 1. The standard InChI is InChI=1S/C23H28N10O12P2/c1-40-13-9-3-41-46(36,37)44-14-12(32-6-28-10-17(24)26-5-27-18(10)32)8-2-23(8,16(14)34)4-42-47(38,39)45-15(13)21(43-9)33-7-29-11-19(33)30-22(25)31-20(11)35/h5-9,12-16,21,34H,2-4H2,1H3,(H,36,37)(H,38,39)(H2,24,26,27)(H3,25,30,31,35). The Hall–Kier alpha value is -3.40. The Kier molecular flexibility index (Phi) is 6.94. The summed E-state index contributed by atoms with van der Waals surface area (Å²) in [6.07, 6.45) is -4.01. The molecule has 47 heavy (non-hydrogen) atoms. The molecule has 4 fully saturated rings. The molecule has 0 amide bonds. The molecule has 2 saturated heterocycles. The predicted octanol–water partition coefficient (Wildman–Crippen LogP) is -1.02. The van der Waals surface area contributed by atoms with Gasteiger partial charge in [-0.05, 0) is 12.3 Å². The number of aromatic amines is 1. The van der Waals surface area contributed by atoms with Gasteiger partial charge in [0.25, 0.3) is 5.56 Å². The summed E-state index contributed by atoms with van der Waals surface area (Å²) in [5.41, 5.74) is 10.2. The van der Waals surface area contributed by atoms with E-state index in [-0.39, 0.29) is 40.5 Å². The van der Waals surface area contributed by atoms with Gasteiger partial charge < -0.3 is 40.4 Å². The second kappa shape index (κ2) is 10.5. The average molecular weight is 698 g/mol. The molecule has 22 nitrogen and oxygen atoms in total. The van der Waals surface area contributed by atoms with Crippen LogP contribution in [0.5, 0.6) is 0 Å². The summed E-state index contributed by atoms with van der Waals surface area (Å²) < 4.78 is 63.5. The van der Waals surface area contributed by atoms with E-state index < -0.39 is 88.5 Å². The number of nitrogens with one attached hydrogen (secondary N) is 1. The number of fused-ring (bicyclic) bond motifs is 5. The Balaban J connectivity index is 1.17. The van der Waals surface area contributed by atoms with Gasteiger partial charge >= 0.3 is 15.6 Å². The van der Waals surface area contributed by atoms with Gasteiger partial charge in [0.2, 0.25) is 5.95 Å². The first-order valence-corrected chi connectivity index (χ1v) is 17.1. The molecule has 24 heteroatoms. The molecule has 2 aliphatic carbocycles. The maximum absolute atomic E-state index is 13.5. The van der Waals surface area contributed by atoms with Crippen LogP contribution in [0, 0.1) is 11.3 Å². The van der Waals surface area contributed by atoms with Crippen LogP contribution in [0.3, 0.4) is 0 Å². The zero-order valence-electron chi connectivity index (χ0n) is 24.2. The average Bonchev–Trinajstić information content (AvgIpc) is 3.29. The van der Waals surface area contributed by atoms with E-state index in [0.29, 0.717) is 0 Å². The lowest BCUT2D eigenvalue weighted by molar-refractivity contribution is -0.0619. The van der Waals surface area contributed by atoms with Crippen LogP contribution in [0.2, 0.25) is 0 Å². The van der Waals surface area contributed by atoms with Gasteiger partial charge in [-0.15, -0.1) is 0 Å². The van der Waals surface area contributed by atoms with E-state index >= 15 is 0 Å². The SMILES string of the molecule is COC1C2COP(=O)(O)OC3C(n4cnc5c(N)ncnc54)C4CC4(COP(=O)(O)OC1C(n1cnc4c(=O)[nH]c(N)nc41)O2)C3O. The van der Waals surface area contributed by atoms with E-state index in [1.165, 1.54) is 30.7 Å². The van der Waals surface area contributed by atoms with Crippen LogP contribution in [0.4, 0.5) is 11.8 Å². The predicted molar refractivity (Wildman–Crippen MR) is 154 cm³/mol. The number of nitrogens with zero attached hydrogens (tertiary/aromatic N) is 7. The molecular weight excluding hydrogens is 670 g/mol. The van der Waals surface area contributed by atoms with E-state index in [0.717, 1.165) is 0 Å². The van der Waals surface area contributed by atoms with Gasteiger partial charge in [-0.3, -0.25) is 32.4 Å². The number of nitrogens with two attached hydrogens (primary N) is 2. The lowest BCUT2D eigenvalue weighted by atomic mass is 10.0. The number of nitrogen functional groups attached to an aromatic ring is 2. The molecule has 6 heterocycles. The minimum atomic E-state index is -4.96. The van der Waals surface area contributed by atoms with Gasteiger partial charge in [0.1, 0.15) is 36.3 Å². The maximum Gasteiger partial charge on any atom is 0.472 e. The topological polar surface area (TPSA) is 309 Å². The van der Waals surface area contributed by atoms with Crippen LogP contribution in [-0.4, -0.2) is 105 Å². The van der Waals surface area contributed by atoms with Crippen molar-refractivity contribution in [2.45, 2.75) is 49.2 Å². The van der Waals surface area contributed by atoms with E-state index in [9.17, 15) is 28.8 Å². The summed E-state index contributed by atoms with van der Waals surface area (Å²) >= 11 is 0. The Bertz CT molecular complexity index is 2060. The van der Waals surface area contributed by atoms with E-state index in [1.54, 1.807) is 4.57 Å². The smallest absolute Gasteiger partial charge is 0.390 e. The summed E-state index contributed by atoms with van der Waals surface area (Å²) in [5, 5.41) is 11.5. The van der Waals surface area contributed by atoms with Crippen molar-refractivity contribution < 1.29 is 51.6 Å². The monoisotopic (exact) mass is 698 g/mol. The first kappa shape index (κ1) is 30.9. The van der Waals surface area contributed by atoms with Crippen LogP contribution >= 0.6 is 15.6 Å². The number of phosphoric acid groups is 2. The molecule has 11 unspecified atom stereocenters. The highest BCUT2D eigenvalue weighted by molar-refractivity contribution is 7.47. The first-order chi connectivity index (χ1) is 22.3. The first-order valence-electron chi connectivity index (χ1n) is 14.2. The fourth-order valence-corrected chi connectivity index (χ4v) is 8.98. The normalized spacial score (nSPS) is 40.4. The van der Waals surface area contributed by atoms with Crippen LogP contribution in [0.15, 0.2) is 23.8 Å². The summed E-state index contributed by atoms with van der Waals surface area (Å²) in [4.78, 5) is 57.2. The molecule has 4 aromatic heterocycles. The van der Waals surface area contributed by atoms with Crippen LogP contribution < -0.4 is 17.0 Å². The molecule has 2 aliphatic heterocycles. The van der Waals surface area contributed by atoms with Crippen molar-refractivity contribution >= 4 is 49.7 Å². The van der Waals surface area contributed by atoms with Gasteiger partial charge in [-0.2, -0.15) is 4.98 Å². The number of aliphatic hydroxyl groups excluding tert-OH is 1. The number of imidazole rings is 2. The lowest BCUT2D eigenvalue weighted by Crippen LogP contribution is -2.39. The summed E-state index contributed by atoms with van der Waals surface area (Å²) in [6.45, 7) is -1.16. The van der Waals surface area contributed by atoms with Gasteiger partial charge in [0.15, 0.2) is 28.9 Å². The van der Waals surface area contributed by atoms with Crippen molar-refractivity contribution in [1.29, 1.82) is 0 Å². The van der Waals surface area contributed by atoms with Crippen molar-refractivity contribution in [1.82, 2.24) is 39.0 Å². The number of rotatable bonds is 3. The minimum absolute atomic E-state index is 0.0470. The molecule has 252 valence electrons. The minimum Gasteiger partial charge on any atom is -0.390 e. The number of phosphoric ester groups is 2. The van der Waals surface area contributed by atoms with Crippen molar-refractivity contribution in [2.24, 2.45) is 11.3 Å². The van der Waals surface area contributed by atoms with Crippen molar-refractivity contribution in [3.8, 4) is 0 Å². The largest absolute Gasteiger partial charge is 0.472 e. The summed E-state index contributed by atoms with van der Waals surface area (Å²) in [6, 6.07) is -0.845. The van der Waals surface area contributed by atoms with Crippen molar-refractivity contribution in [3.05, 3.63) is 29.3 Å². The molecule has 8 rings (SSSR count). The maximum atomic E-state index is 13.5. The Morgan fingerprint density at radius 1 is 1.02 bits per heavy atom. The molecule has 11 atom stereocenters. The van der Waals surface area contributed by atoms with E-state index in [1.807, 2.05) is 0 Å². The number of anilines is 2. The highest BCUT2D eigenvalue weighted by Crippen LogP contribution is 2.71. The number of aromatic nitrogens is 8. The van der Waals surface area contributed by atoms with E-state index in [2.05, 4.69) is 29.9 Å². The third-order valence-electron chi connectivity index (χ3n) is 9.23.